The Kier molecular flexibility index (Phi) is 5.70. The Balaban J connectivity index is 1.17. The van der Waals surface area contributed by atoms with Gasteiger partial charge in [-0.15, -0.1) is 5.10 Å². The van der Waals surface area contributed by atoms with Gasteiger partial charge in [0.2, 0.25) is 0 Å². The molecular formula is C24H27FN6O. The average Bonchev–Trinajstić information content (AvgIpc) is 3.29. The lowest BCUT2D eigenvalue weighted by Crippen LogP contribution is -2.49. The van der Waals surface area contributed by atoms with Crippen molar-refractivity contribution in [2.45, 2.75) is 44.8 Å². The van der Waals surface area contributed by atoms with Crippen LogP contribution in [0.25, 0.3) is 0 Å². The van der Waals surface area contributed by atoms with E-state index in [4.69, 9.17) is 0 Å². The van der Waals surface area contributed by atoms with Crippen LogP contribution in [-0.2, 0) is 13.1 Å². The second-order valence-corrected chi connectivity index (χ2v) is 8.91. The van der Waals surface area contributed by atoms with E-state index in [1.54, 1.807) is 18.5 Å². The van der Waals surface area contributed by atoms with E-state index in [1.165, 1.54) is 6.20 Å². The number of aromatic nitrogens is 4. The number of rotatable bonds is 6. The average molecular weight is 435 g/mol. The maximum absolute atomic E-state index is 13.9. The number of benzene rings is 1. The summed E-state index contributed by atoms with van der Waals surface area (Å²) in [4.78, 5) is 18.6. The summed E-state index contributed by atoms with van der Waals surface area (Å²) in [5, 5.41) is 11.3. The van der Waals surface area contributed by atoms with Crippen molar-refractivity contribution < 1.29 is 9.18 Å². The van der Waals surface area contributed by atoms with Gasteiger partial charge in [0.15, 0.2) is 5.69 Å². The van der Waals surface area contributed by atoms with E-state index in [2.05, 4.69) is 25.5 Å². The van der Waals surface area contributed by atoms with Gasteiger partial charge >= 0.3 is 0 Å². The normalized spacial score (nSPS) is 20.1. The fourth-order valence-corrected chi connectivity index (χ4v) is 5.01. The smallest absolute Gasteiger partial charge is 0.273 e. The van der Waals surface area contributed by atoms with Crippen LogP contribution in [-0.4, -0.2) is 43.9 Å². The topological polar surface area (TPSA) is 75.9 Å². The highest BCUT2D eigenvalue weighted by Gasteiger charge is 2.49. The molecule has 1 unspecified atom stereocenters. The summed E-state index contributed by atoms with van der Waals surface area (Å²) in [6.45, 7) is 2.94. The van der Waals surface area contributed by atoms with Gasteiger partial charge < -0.3 is 5.32 Å². The summed E-state index contributed by atoms with van der Waals surface area (Å²) < 4.78 is 15.8. The molecule has 1 amide bonds. The molecule has 1 aliphatic heterocycles. The van der Waals surface area contributed by atoms with Crippen molar-refractivity contribution in [2.24, 2.45) is 5.41 Å². The predicted octanol–water partition coefficient (Wildman–Crippen LogP) is 3.36. The standard InChI is InChI=1S/C24H27FN6O/c25-20-15-26-11-7-19(20)16-30-12-9-24(10-13-30)8-6-22(24)31-17-21(28-29-31)23(32)27-14-18-4-2-1-3-5-18/h1-5,7,11,15,17,22H,6,8-10,12-14,16H2,(H,27,32). The first-order valence-corrected chi connectivity index (χ1v) is 11.2. The highest BCUT2D eigenvalue weighted by atomic mass is 19.1. The number of hydrogen-bond donors (Lipinski definition) is 1. The Hall–Kier alpha value is -3.13. The van der Waals surface area contributed by atoms with Crippen molar-refractivity contribution in [3.63, 3.8) is 0 Å². The zero-order valence-electron chi connectivity index (χ0n) is 18.0. The lowest BCUT2D eigenvalue weighted by molar-refractivity contribution is -0.0335. The molecule has 3 heterocycles. The third-order valence-corrected chi connectivity index (χ3v) is 7.08. The van der Waals surface area contributed by atoms with Gasteiger partial charge in [0.05, 0.1) is 18.4 Å². The summed E-state index contributed by atoms with van der Waals surface area (Å²) in [7, 11) is 0. The van der Waals surface area contributed by atoms with Gasteiger partial charge in [-0.2, -0.15) is 0 Å². The third-order valence-electron chi connectivity index (χ3n) is 7.08. The molecule has 1 N–H and O–H groups in total. The van der Waals surface area contributed by atoms with Crippen LogP contribution in [0.2, 0.25) is 0 Å². The first-order chi connectivity index (χ1) is 15.6. The van der Waals surface area contributed by atoms with E-state index in [0.717, 1.165) is 44.3 Å². The summed E-state index contributed by atoms with van der Waals surface area (Å²) >= 11 is 0. The van der Waals surface area contributed by atoms with Crippen LogP contribution in [0.15, 0.2) is 55.0 Å². The summed E-state index contributed by atoms with van der Waals surface area (Å²) in [5.41, 5.74) is 2.29. The molecule has 166 valence electrons. The van der Waals surface area contributed by atoms with Crippen LogP contribution in [0.5, 0.6) is 0 Å². The Labute approximate surface area is 186 Å². The molecule has 1 aliphatic carbocycles. The quantitative estimate of drug-likeness (QED) is 0.644. The van der Waals surface area contributed by atoms with Gasteiger partial charge in [-0.3, -0.25) is 14.7 Å². The predicted molar refractivity (Wildman–Crippen MR) is 117 cm³/mol. The summed E-state index contributed by atoms with van der Waals surface area (Å²) in [6, 6.07) is 11.8. The number of nitrogens with one attached hydrogen (secondary N) is 1. The highest BCUT2D eigenvalue weighted by Crippen LogP contribution is 2.56. The van der Waals surface area contributed by atoms with Gasteiger partial charge in [-0.1, -0.05) is 35.5 Å². The molecule has 1 saturated heterocycles. The molecule has 1 aromatic carbocycles. The van der Waals surface area contributed by atoms with Crippen LogP contribution in [0.1, 0.15) is 53.3 Å². The van der Waals surface area contributed by atoms with Crippen molar-refractivity contribution in [1.82, 2.24) is 30.2 Å². The third kappa shape index (κ3) is 4.14. The molecule has 32 heavy (non-hydrogen) atoms. The van der Waals surface area contributed by atoms with Crippen LogP contribution >= 0.6 is 0 Å². The van der Waals surface area contributed by atoms with Crippen molar-refractivity contribution in [3.05, 3.63) is 77.6 Å². The molecule has 2 aromatic heterocycles. The minimum atomic E-state index is -0.241. The molecule has 5 rings (SSSR count). The van der Waals surface area contributed by atoms with E-state index in [0.29, 0.717) is 24.3 Å². The van der Waals surface area contributed by atoms with Gasteiger partial charge in [0.25, 0.3) is 5.91 Å². The number of pyridine rings is 1. The number of carbonyl (C=O) groups is 1. The van der Waals surface area contributed by atoms with Gasteiger partial charge in [-0.05, 0) is 55.8 Å². The second-order valence-electron chi connectivity index (χ2n) is 8.91. The zero-order chi connectivity index (χ0) is 22.0. The minimum absolute atomic E-state index is 0.193. The van der Waals surface area contributed by atoms with E-state index >= 15 is 0 Å². The maximum atomic E-state index is 13.9. The minimum Gasteiger partial charge on any atom is -0.347 e. The van der Waals surface area contributed by atoms with Crippen molar-refractivity contribution in [1.29, 1.82) is 0 Å². The number of hydrogen-bond acceptors (Lipinski definition) is 5. The molecule has 1 saturated carbocycles. The Bertz CT molecular complexity index is 1080. The summed E-state index contributed by atoms with van der Waals surface area (Å²) in [5.74, 6) is -0.447. The highest BCUT2D eigenvalue weighted by molar-refractivity contribution is 5.91. The molecule has 2 fully saturated rings. The van der Waals surface area contributed by atoms with E-state index < -0.39 is 0 Å². The largest absolute Gasteiger partial charge is 0.347 e. The van der Waals surface area contributed by atoms with Crippen LogP contribution < -0.4 is 5.32 Å². The van der Waals surface area contributed by atoms with Crippen LogP contribution in [0.4, 0.5) is 4.39 Å². The fraction of sp³-hybridized carbons (Fsp3) is 0.417. The van der Waals surface area contributed by atoms with Crippen molar-refractivity contribution in [2.75, 3.05) is 13.1 Å². The second kappa shape index (κ2) is 8.78. The molecule has 0 radical (unpaired) electrons. The Morgan fingerprint density at radius 1 is 1.16 bits per heavy atom. The van der Waals surface area contributed by atoms with Gasteiger partial charge in [0, 0.05) is 24.8 Å². The number of nitrogens with zero attached hydrogens (tertiary/aromatic N) is 5. The molecule has 8 heteroatoms. The van der Waals surface area contributed by atoms with Gasteiger partial charge in [0.1, 0.15) is 5.82 Å². The SMILES string of the molecule is O=C(NCc1ccccc1)c1cn(C2CCC23CCN(Cc2ccncc2F)CC3)nn1. The lowest BCUT2D eigenvalue weighted by Gasteiger charge is -2.53. The lowest BCUT2D eigenvalue weighted by atomic mass is 9.59. The molecule has 1 atom stereocenters. The Morgan fingerprint density at radius 2 is 1.97 bits per heavy atom. The van der Waals surface area contributed by atoms with Crippen molar-refractivity contribution >= 4 is 5.91 Å². The number of piperidine rings is 1. The van der Waals surface area contributed by atoms with E-state index in [1.807, 2.05) is 35.0 Å². The molecule has 3 aromatic rings. The number of carbonyl (C=O) groups excluding carboxylic acids is 1. The van der Waals surface area contributed by atoms with E-state index in [9.17, 15) is 9.18 Å². The van der Waals surface area contributed by atoms with Crippen molar-refractivity contribution in [3.8, 4) is 0 Å². The Morgan fingerprint density at radius 3 is 2.69 bits per heavy atom. The molecule has 7 nitrogen and oxygen atoms in total. The van der Waals surface area contributed by atoms with Crippen LogP contribution in [0, 0.1) is 11.2 Å². The molecule has 1 spiro atoms. The van der Waals surface area contributed by atoms with E-state index in [-0.39, 0.29) is 23.2 Å². The maximum Gasteiger partial charge on any atom is 0.273 e. The monoisotopic (exact) mass is 434 g/mol. The molecular weight excluding hydrogens is 407 g/mol. The first-order valence-electron chi connectivity index (χ1n) is 11.2. The molecule has 2 aliphatic rings. The van der Waals surface area contributed by atoms with Gasteiger partial charge in [-0.25, -0.2) is 9.07 Å². The number of halogens is 1. The number of amides is 1. The first kappa shape index (κ1) is 20.8. The fourth-order valence-electron chi connectivity index (χ4n) is 5.01. The van der Waals surface area contributed by atoms with Crippen LogP contribution in [0.3, 0.4) is 0 Å². The number of likely N-dealkylation sites (tertiary alicyclic amines) is 1. The molecule has 0 bridgehead atoms. The zero-order valence-corrected chi connectivity index (χ0v) is 18.0. The summed E-state index contributed by atoms with van der Waals surface area (Å²) in [6.07, 6.45) is 8.99.